The summed E-state index contributed by atoms with van der Waals surface area (Å²) in [6, 6.07) is 8.98. The van der Waals surface area contributed by atoms with Gasteiger partial charge in [0.05, 0.1) is 5.71 Å². The normalized spacial score (nSPS) is 10.3. The molecule has 0 aliphatic rings. The van der Waals surface area contributed by atoms with Crippen LogP contribution < -0.4 is 4.74 Å². The lowest BCUT2D eigenvalue weighted by atomic mass is 10.0. The number of hydrogen-bond donors (Lipinski definition) is 0. The number of unbranched alkanes of at least 4 members (excludes halogenated alkanes) is 81. The van der Waals surface area contributed by atoms with E-state index in [0.29, 0.717) is 5.75 Å². The van der Waals surface area contributed by atoms with Crippen LogP contribution in [0.1, 0.15) is 590 Å². The molecule has 0 atom stereocenters. The average Bonchev–Trinajstić information content (AvgIpc) is 0.954. The number of ether oxygens (including phenoxy) is 2. The Balaban J connectivity index is -0.00000123. The van der Waals surface area contributed by atoms with E-state index in [-0.39, 0.29) is 40.8 Å². The lowest BCUT2D eigenvalue weighted by Gasteiger charge is -2.05. The second kappa shape index (κ2) is 114. The molecule has 0 bridgehead atoms. The third-order valence-corrected chi connectivity index (χ3v) is 22.8. The molecule has 0 saturated heterocycles. The molecule has 0 aromatic heterocycles. The number of benzene rings is 1. The minimum absolute atomic E-state index is 0. The Labute approximate surface area is 741 Å². The van der Waals surface area contributed by atoms with Gasteiger partial charge in [-0.1, -0.05) is 572 Å². The molecule has 0 aliphatic heterocycles. The van der Waals surface area contributed by atoms with Gasteiger partial charge in [-0.05, 0) is 99.0 Å². The molecule has 1 aromatic carbocycles. The van der Waals surface area contributed by atoms with Gasteiger partial charge in [0.2, 0.25) is 0 Å². The topological polar surface area (TPSA) is 74.2 Å². The first-order valence-corrected chi connectivity index (χ1v) is 50.7. The van der Waals surface area contributed by atoms with E-state index in [1.165, 1.54) is 534 Å². The van der Waals surface area contributed by atoms with E-state index in [1.807, 2.05) is 32.0 Å². The number of hydrogen-bond acceptors (Lipinski definition) is 6. The van der Waals surface area contributed by atoms with Crippen LogP contribution in [0.3, 0.4) is 0 Å². The Morgan fingerprint density at radius 2 is 0.441 bits per heavy atom. The van der Waals surface area contributed by atoms with Crippen molar-refractivity contribution in [2.45, 2.75) is 590 Å². The minimum atomic E-state index is -0.366. The Morgan fingerprint density at radius 3 is 0.619 bits per heavy atom. The summed E-state index contributed by atoms with van der Waals surface area (Å²) in [7, 11) is 0. The van der Waals surface area contributed by atoms with Crippen molar-refractivity contribution in [1.82, 2.24) is 0 Å². The third kappa shape index (κ3) is 120. The zero-order valence-corrected chi connectivity index (χ0v) is 77.8. The summed E-state index contributed by atoms with van der Waals surface area (Å²) < 4.78 is 9.34. The van der Waals surface area contributed by atoms with Crippen LogP contribution in [0.5, 0.6) is 5.75 Å². The first-order chi connectivity index (χ1) is 56.8. The number of nitrogens with zero attached hydrogens (tertiary/aromatic N) is 1. The molecule has 0 N–H and O–H groups in total. The van der Waals surface area contributed by atoms with Crippen LogP contribution in [0.15, 0.2) is 35.5 Å². The van der Waals surface area contributed by atoms with Crippen molar-refractivity contribution in [3.63, 3.8) is 0 Å². The standard InChI is InChI=1S/C87H175NO.C14H8O2.C8H8O2.3CH4/c1-4-5-6-7-8-9-10-11-12-13-14-15-16-17-18-19-20-21-22-23-24-25-26-27-28-29-30-31-32-33-34-35-36-37-38-39-40-41-42-43-44-45-46-47-48-49-50-51-52-53-54-55-56-57-58-59-60-61-62-63-64-65-66-67-68-69-70-71-72-73-74-75-76-77-78-79-80-81-82-83-84-85-86-89-88-87(2)3;1-3-4-5-6-7-8-9-10-11-12-13-16-14(2)15;1-7(9)10-8-5-3-2-4-6-8;;;/h4-86H2,1-3H3;13H2,1-2H3;2-6H,1H3;3*1H4. The molecule has 1 rings (SSSR count). The molecule has 0 amide bonds. The second-order valence-corrected chi connectivity index (χ2v) is 34.6. The molecule has 0 fully saturated rings. The maximum absolute atomic E-state index is 10.4. The van der Waals surface area contributed by atoms with Gasteiger partial charge in [-0.3, -0.25) is 9.59 Å². The molecule has 1 aromatic rings. The van der Waals surface area contributed by atoms with Gasteiger partial charge >= 0.3 is 11.9 Å². The van der Waals surface area contributed by atoms with Crippen LogP contribution in [-0.4, -0.2) is 30.9 Å². The van der Waals surface area contributed by atoms with Gasteiger partial charge in [-0.2, -0.15) is 0 Å². The Morgan fingerprint density at radius 1 is 0.254 bits per heavy atom. The van der Waals surface area contributed by atoms with Crippen LogP contribution in [0.25, 0.3) is 0 Å². The number of carbonyl (C=O) groups is 2. The van der Waals surface area contributed by atoms with Gasteiger partial charge in [0.1, 0.15) is 12.4 Å². The zero-order valence-electron chi connectivity index (χ0n) is 77.8. The van der Waals surface area contributed by atoms with E-state index >= 15 is 0 Å². The molecule has 6 nitrogen and oxygen atoms in total. The second-order valence-electron chi connectivity index (χ2n) is 34.6. The fourth-order valence-corrected chi connectivity index (χ4v) is 15.7. The summed E-state index contributed by atoms with van der Waals surface area (Å²) in [4.78, 5) is 26.0. The van der Waals surface area contributed by atoms with Crippen LogP contribution in [0.2, 0.25) is 0 Å². The van der Waals surface area contributed by atoms with Gasteiger partial charge in [-0.15, -0.1) is 0 Å². The predicted molar refractivity (Wildman–Crippen MR) is 528 cm³/mol. The van der Waals surface area contributed by atoms with Crippen molar-refractivity contribution in [2.75, 3.05) is 13.2 Å². The van der Waals surface area contributed by atoms with Crippen LogP contribution in [0.4, 0.5) is 0 Å². The highest BCUT2D eigenvalue weighted by Gasteiger charge is 2.04. The SMILES string of the molecule is C.C.C.CC#CC#CC#CC#CC#CCOC(C)=O.CC(=O)Oc1ccccc1.CCCCCCCCCCCCCCCCCCCCCCCCCCCCCCCCCCCCCCCCCCCCCCCCCCCCCCCCCCCCCCCCCCCCCCCCCCCCCCCCCCCCON=C(C)C. The van der Waals surface area contributed by atoms with E-state index in [1.54, 1.807) is 19.1 Å². The molecule has 118 heavy (non-hydrogen) atoms. The van der Waals surface area contributed by atoms with Crippen molar-refractivity contribution < 1.29 is 23.9 Å². The van der Waals surface area contributed by atoms with Crippen LogP contribution in [0, 0.1) is 59.2 Å². The third-order valence-electron chi connectivity index (χ3n) is 22.8. The van der Waals surface area contributed by atoms with Gasteiger partial charge in [-0.25, -0.2) is 0 Å². The molecular formula is C112H203NO5. The van der Waals surface area contributed by atoms with Crippen LogP contribution >= 0.6 is 0 Å². The van der Waals surface area contributed by atoms with Crippen molar-refractivity contribution in [3.8, 4) is 65.0 Å². The lowest BCUT2D eigenvalue weighted by Crippen LogP contribution is -2.00. The minimum Gasteiger partial charge on any atom is -0.453 e. The number of para-hydroxylation sites is 1. The van der Waals surface area contributed by atoms with Crippen molar-refractivity contribution in [2.24, 2.45) is 5.16 Å². The van der Waals surface area contributed by atoms with E-state index < -0.39 is 0 Å². The van der Waals surface area contributed by atoms with Crippen LogP contribution in [-0.2, 0) is 19.2 Å². The molecule has 0 heterocycles. The molecule has 0 spiro atoms. The first kappa shape index (κ1) is 122. The largest absolute Gasteiger partial charge is 0.453 e. The fourth-order valence-electron chi connectivity index (χ4n) is 15.7. The van der Waals surface area contributed by atoms with Crippen molar-refractivity contribution >= 4 is 17.7 Å². The van der Waals surface area contributed by atoms with Crippen molar-refractivity contribution in [1.29, 1.82) is 0 Å². The predicted octanol–water partition coefficient (Wildman–Crippen LogP) is 37.5. The fraction of sp³-hybridized carbons (Fsp3) is 0.830. The Kier molecular flexibility index (Phi) is 118. The maximum atomic E-state index is 10.4. The molecule has 6 heteroatoms. The molecule has 686 valence electrons. The molecular weight excluding hydrogens is 1440 g/mol. The Hall–Kier alpha value is -4.57. The summed E-state index contributed by atoms with van der Waals surface area (Å²) in [6.07, 6.45) is 121. The smallest absolute Gasteiger partial charge is 0.308 e. The lowest BCUT2D eigenvalue weighted by molar-refractivity contribution is -0.139. The van der Waals surface area contributed by atoms with Gasteiger partial charge in [0, 0.05) is 13.8 Å². The van der Waals surface area contributed by atoms with Gasteiger partial charge < -0.3 is 14.3 Å². The summed E-state index contributed by atoms with van der Waals surface area (Å²) in [5.74, 6) is 25.0. The maximum Gasteiger partial charge on any atom is 0.308 e. The molecule has 0 radical (unpaired) electrons. The molecule has 0 unspecified atom stereocenters. The number of esters is 2. The van der Waals surface area contributed by atoms with Gasteiger partial charge in [0.15, 0.2) is 6.61 Å². The van der Waals surface area contributed by atoms with Crippen molar-refractivity contribution in [3.05, 3.63) is 30.3 Å². The monoisotopic (exact) mass is 1640 g/mol. The van der Waals surface area contributed by atoms with E-state index in [4.69, 9.17) is 9.57 Å². The molecule has 0 aliphatic carbocycles. The van der Waals surface area contributed by atoms with E-state index in [0.717, 1.165) is 18.7 Å². The highest BCUT2D eigenvalue weighted by Crippen LogP contribution is 2.23. The van der Waals surface area contributed by atoms with E-state index in [2.05, 4.69) is 76.0 Å². The summed E-state index contributed by atoms with van der Waals surface area (Å²) >= 11 is 0. The number of rotatable bonds is 86. The highest BCUT2D eigenvalue weighted by molar-refractivity contribution is 5.78. The highest BCUT2D eigenvalue weighted by atomic mass is 16.6. The average molecular weight is 1640 g/mol. The first-order valence-electron chi connectivity index (χ1n) is 50.7. The Bertz CT molecular complexity index is 2450. The number of oxime groups is 1. The number of carbonyl (C=O) groups excluding carboxylic acids is 2. The summed E-state index contributed by atoms with van der Waals surface area (Å²) in [5.41, 5.74) is 1.01. The quantitative estimate of drug-likeness (QED) is 0.0162. The summed E-state index contributed by atoms with van der Waals surface area (Å²) in [6.45, 7) is 11.5. The summed E-state index contributed by atoms with van der Waals surface area (Å²) in [5, 5.41) is 4.01. The van der Waals surface area contributed by atoms with E-state index in [9.17, 15) is 9.59 Å². The molecule has 0 saturated carbocycles. The van der Waals surface area contributed by atoms with Gasteiger partial charge in [0.25, 0.3) is 0 Å². The zero-order chi connectivity index (χ0) is 83.1.